The molecule has 1 heterocycles. The lowest BCUT2D eigenvalue weighted by Gasteiger charge is -2.20. The molecule has 2 rings (SSSR count). The maximum Gasteiger partial charge on any atom is 0.212 e. The van der Waals surface area contributed by atoms with E-state index >= 15 is 0 Å². The van der Waals surface area contributed by atoms with E-state index in [2.05, 4.69) is 5.32 Å². The van der Waals surface area contributed by atoms with Crippen LogP contribution in [-0.2, 0) is 0 Å². The first kappa shape index (κ1) is 11.1. The summed E-state index contributed by atoms with van der Waals surface area (Å²) in [5.41, 5.74) is 1.07. The van der Waals surface area contributed by atoms with Crippen LogP contribution in [0.25, 0.3) is 0 Å². The van der Waals surface area contributed by atoms with Crippen LogP contribution >= 0.6 is 0 Å². The van der Waals surface area contributed by atoms with E-state index in [4.69, 9.17) is 0 Å². The molecule has 1 aliphatic heterocycles. The second kappa shape index (κ2) is 5.07. The molecule has 0 spiro atoms. The topological polar surface area (TPSA) is 55.2 Å². The number of nitrogens with zero attached hydrogens (tertiary/aromatic N) is 1. The van der Waals surface area contributed by atoms with Gasteiger partial charge in [0.2, 0.25) is 6.54 Å². The van der Waals surface area contributed by atoms with Crippen molar-refractivity contribution in [1.29, 1.82) is 0 Å². The molecule has 1 fully saturated rings. The fraction of sp³-hybridized carbons (Fsp3) is 0.500. The van der Waals surface area contributed by atoms with Gasteiger partial charge in [-0.25, -0.2) is 0 Å². The van der Waals surface area contributed by atoms with Crippen molar-refractivity contribution in [1.82, 2.24) is 5.32 Å². The van der Waals surface area contributed by atoms with Crippen LogP contribution in [0.3, 0.4) is 0 Å². The van der Waals surface area contributed by atoms with E-state index in [9.17, 15) is 10.1 Å². The minimum absolute atomic E-state index is 0.00120. The summed E-state index contributed by atoms with van der Waals surface area (Å²) in [5.74, 6) is -0.00120. The largest absolute Gasteiger partial charge is 0.313 e. The van der Waals surface area contributed by atoms with Gasteiger partial charge in [0.25, 0.3) is 0 Å². The van der Waals surface area contributed by atoms with E-state index in [1.54, 1.807) is 0 Å². The fourth-order valence-electron chi connectivity index (χ4n) is 2.38. The van der Waals surface area contributed by atoms with Gasteiger partial charge in [0.1, 0.15) is 0 Å². The Labute approximate surface area is 94.8 Å². The molecule has 1 saturated heterocycles. The summed E-state index contributed by atoms with van der Waals surface area (Å²) in [6, 6.07) is 10.0. The molecular weight excluding hydrogens is 204 g/mol. The van der Waals surface area contributed by atoms with Gasteiger partial charge in [-0.2, -0.15) is 0 Å². The molecule has 1 aromatic rings. The quantitative estimate of drug-likeness (QED) is 0.621. The third-order valence-corrected chi connectivity index (χ3v) is 3.16. The first-order valence-electron chi connectivity index (χ1n) is 5.67. The predicted molar refractivity (Wildman–Crippen MR) is 62.1 cm³/mol. The summed E-state index contributed by atoms with van der Waals surface area (Å²) >= 11 is 0. The van der Waals surface area contributed by atoms with Gasteiger partial charge < -0.3 is 5.32 Å². The summed E-state index contributed by atoms with van der Waals surface area (Å²) in [7, 11) is 0. The van der Waals surface area contributed by atoms with Gasteiger partial charge in [0, 0.05) is 11.0 Å². The third-order valence-electron chi connectivity index (χ3n) is 3.16. The smallest absolute Gasteiger partial charge is 0.212 e. The average Bonchev–Trinajstić information content (AvgIpc) is 2.80. The second-order valence-electron chi connectivity index (χ2n) is 4.24. The highest BCUT2D eigenvalue weighted by atomic mass is 16.6. The standard InChI is InChI=1S/C12H16N2O2/c15-14(16)9-11(12-7-4-8-13-12)10-5-2-1-3-6-10/h1-3,5-6,11-13H,4,7-9H2/t11-,12-/m0/s1. The number of hydrogen-bond acceptors (Lipinski definition) is 3. The monoisotopic (exact) mass is 220 g/mol. The fourth-order valence-corrected chi connectivity index (χ4v) is 2.38. The van der Waals surface area contributed by atoms with E-state index in [0.29, 0.717) is 0 Å². The molecule has 86 valence electrons. The van der Waals surface area contributed by atoms with Crippen molar-refractivity contribution in [3.05, 3.63) is 46.0 Å². The van der Waals surface area contributed by atoms with E-state index in [0.717, 1.165) is 24.9 Å². The van der Waals surface area contributed by atoms with Crippen LogP contribution in [0.15, 0.2) is 30.3 Å². The van der Waals surface area contributed by atoms with Crippen molar-refractivity contribution in [3.8, 4) is 0 Å². The van der Waals surface area contributed by atoms with Crippen LogP contribution in [-0.4, -0.2) is 24.1 Å². The number of rotatable bonds is 4. The summed E-state index contributed by atoms with van der Waals surface area (Å²) in [6.07, 6.45) is 2.15. The molecule has 1 aromatic carbocycles. The lowest BCUT2D eigenvalue weighted by molar-refractivity contribution is -0.484. The van der Waals surface area contributed by atoms with Crippen LogP contribution in [0.1, 0.15) is 24.3 Å². The number of benzene rings is 1. The Morgan fingerprint density at radius 3 is 2.75 bits per heavy atom. The van der Waals surface area contributed by atoms with Crippen LogP contribution < -0.4 is 5.32 Å². The molecule has 4 heteroatoms. The van der Waals surface area contributed by atoms with Crippen molar-refractivity contribution in [2.45, 2.75) is 24.8 Å². The van der Waals surface area contributed by atoms with E-state index in [1.807, 2.05) is 30.3 Å². The molecular formula is C12H16N2O2. The van der Waals surface area contributed by atoms with Gasteiger partial charge in [0.05, 0.1) is 5.92 Å². The van der Waals surface area contributed by atoms with Gasteiger partial charge in [-0.1, -0.05) is 30.3 Å². The Balaban J connectivity index is 2.16. The lowest BCUT2D eigenvalue weighted by Crippen LogP contribution is -2.33. The van der Waals surface area contributed by atoms with Gasteiger partial charge in [0.15, 0.2) is 0 Å². The van der Waals surface area contributed by atoms with E-state index in [-0.39, 0.29) is 23.4 Å². The highest BCUT2D eigenvalue weighted by Crippen LogP contribution is 2.25. The van der Waals surface area contributed by atoms with Crippen LogP contribution in [0, 0.1) is 10.1 Å². The number of nitrogens with one attached hydrogen (secondary N) is 1. The molecule has 1 aliphatic rings. The molecule has 0 bridgehead atoms. The van der Waals surface area contributed by atoms with Crippen molar-refractivity contribution in [2.24, 2.45) is 0 Å². The molecule has 0 unspecified atom stereocenters. The molecule has 2 atom stereocenters. The second-order valence-corrected chi connectivity index (χ2v) is 4.24. The van der Waals surface area contributed by atoms with Gasteiger partial charge in [-0.05, 0) is 24.9 Å². The molecule has 0 aliphatic carbocycles. The Bertz CT molecular complexity index is 347. The van der Waals surface area contributed by atoms with Crippen molar-refractivity contribution < 1.29 is 4.92 Å². The lowest BCUT2D eigenvalue weighted by atomic mass is 9.90. The maximum atomic E-state index is 10.7. The SMILES string of the molecule is O=[N+]([O-])C[C@@H](c1ccccc1)[C@@H]1CCCN1. The minimum Gasteiger partial charge on any atom is -0.313 e. The Morgan fingerprint density at radius 1 is 1.44 bits per heavy atom. The number of hydrogen-bond donors (Lipinski definition) is 1. The molecule has 4 nitrogen and oxygen atoms in total. The molecule has 0 saturated carbocycles. The third kappa shape index (κ3) is 2.58. The van der Waals surface area contributed by atoms with Crippen LogP contribution in [0.5, 0.6) is 0 Å². The molecule has 0 radical (unpaired) electrons. The summed E-state index contributed by atoms with van der Waals surface area (Å²) < 4.78 is 0. The zero-order chi connectivity index (χ0) is 11.4. The average molecular weight is 220 g/mol. The molecule has 1 N–H and O–H groups in total. The summed E-state index contributed by atoms with van der Waals surface area (Å²) in [5, 5.41) is 14.1. The summed E-state index contributed by atoms with van der Waals surface area (Å²) in [6.45, 7) is 0.993. The zero-order valence-electron chi connectivity index (χ0n) is 9.13. The molecule has 16 heavy (non-hydrogen) atoms. The van der Waals surface area contributed by atoms with Crippen molar-refractivity contribution in [3.63, 3.8) is 0 Å². The minimum atomic E-state index is -0.211. The van der Waals surface area contributed by atoms with Crippen LogP contribution in [0.4, 0.5) is 0 Å². The highest BCUT2D eigenvalue weighted by Gasteiger charge is 2.29. The summed E-state index contributed by atoms with van der Waals surface area (Å²) in [4.78, 5) is 10.5. The van der Waals surface area contributed by atoms with Crippen LogP contribution in [0.2, 0.25) is 0 Å². The zero-order valence-corrected chi connectivity index (χ0v) is 9.13. The Hall–Kier alpha value is -1.42. The first-order chi connectivity index (χ1) is 7.77. The highest BCUT2D eigenvalue weighted by molar-refractivity contribution is 5.21. The van der Waals surface area contributed by atoms with Gasteiger partial charge in [-0.3, -0.25) is 10.1 Å². The van der Waals surface area contributed by atoms with E-state index < -0.39 is 0 Å². The van der Waals surface area contributed by atoms with Crippen molar-refractivity contribution in [2.75, 3.05) is 13.1 Å². The van der Waals surface area contributed by atoms with Gasteiger partial charge in [-0.15, -0.1) is 0 Å². The Kier molecular flexibility index (Phi) is 3.51. The number of nitro groups is 1. The molecule has 0 amide bonds. The Morgan fingerprint density at radius 2 is 2.19 bits per heavy atom. The van der Waals surface area contributed by atoms with E-state index in [1.165, 1.54) is 0 Å². The maximum absolute atomic E-state index is 10.7. The predicted octanol–water partition coefficient (Wildman–Crippen LogP) is 1.80. The normalized spacial score (nSPS) is 21.9. The van der Waals surface area contributed by atoms with Crippen molar-refractivity contribution >= 4 is 0 Å². The van der Waals surface area contributed by atoms with Gasteiger partial charge >= 0.3 is 0 Å². The molecule has 0 aromatic heterocycles. The first-order valence-corrected chi connectivity index (χ1v) is 5.67.